The summed E-state index contributed by atoms with van der Waals surface area (Å²) in [7, 11) is -3.54. The number of hydrogen-bond acceptors (Lipinski definition) is 6. The highest BCUT2D eigenvalue weighted by Crippen LogP contribution is 2.42. The summed E-state index contributed by atoms with van der Waals surface area (Å²) < 4.78 is 46.9. The molecular weight excluding hydrogens is 482 g/mol. The summed E-state index contributed by atoms with van der Waals surface area (Å²) in [6.45, 7) is 2.37. The maximum atomic E-state index is 14.0. The zero-order valence-electron chi connectivity index (χ0n) is 17.7. The molecule has 0 spiro atoms. The molecule has 0 aliphatic carbocycles. The van der Waals surface area contributed by atoms with Crippen LogP contribution in [-0.4, -0.2) is 53.7 Å². The van der Waals surface area contributed by atoms with Gasteiger partial charge in [-0.05, 0) is 31.0 Å². The first kappa shape index (κ1) is 24.9. The van der Waals surface area contributed by atoms with Crippen LogP contribution in [0.2, 0.25) is 0 Å². The molecule has 2 atom stereocenters. The van der Waals surface area contributed by atoms with E-state index in [1.807, 2.05) is 12.1 Å². The Labute approximate surface area is 196 Å². The number of pyridine rings is 1. The lowest BCUT2D eigenvalue weighted by Crippen LogP contribution is -2.50. The lowest BCUT2D eigenvalue weighted by atomic mass is 9.99. The van der Waals surface area contributed by atoms with Crippen LogP contribution in [0.4, 0.5) is 4.39 Å². The lowest BCUT2D eigenvalue weighted by Gasteiger charge is -2.33. The van der Waals surface area contributed by atoms with Crippen LogP contribution in [0.3, 0.4) is 0 Å². The molecule has 1 saturated heterocycles. The molecule has 0 N–H and O–H groups in total. The van der Waals surface area contributed by atoms with Crippen LogP contribution < -0.4 is 0 Å². The Balaban J connectivity index is 1.78. The van der Waals surface area contributed by atoms with E-state index < -0.39 is 45.4 Å². The maximum Gasteiger partial charge on any atom is 0.264 e. The van der Waals surface area contributed by atoms with Gasteiger partial charge in [0, 0.05) is 11.8 Å². The van der Waals surface area contributed by atoms with Crippen molar-refractivity contribution in [1.82, 2.24) is 9.88 Å². The number of ether oxygens (including phenoxy) is 1. The van der Waals surface area contributed by atoms with Gasteiger partial charge in [0.15, 0.2) is 4.84 Å². The molecule has 174 valence electrons. The van der Waals surface area contributed by atoms with Crippen molar-refractivity contribution >= 4 is 39.2 Å². The van der Waals surface area contributed by atoms with Gasteiger partial charge in [0.1, 0.15) is 25.1 Å². The van der Waals surface area contributed by atoms with Gasteiger partial charge in [0.05, 0.1) is 18.0 Å². The first-order valence-electron chi connectivity index (χ1n) is 9.68. The summed E-state index contributed by atoms with van der Waals surface area (Å²) in [6.07, 6.45) is 1.90. The first-order valence-corrected chi connectivity index (χ1v) is 12.4. The minimum atomic E-state index is -3.54. The highest BCUT2D eigenvalue weighted by atomic mass is 35.5. The Morgan fingerprint density at radius 1 is 1.22 bits per heavy atom. The van der Waals surface area contributed by atoms with Gasteiger partial charge in [-0.3, -0.25) is 14.0 Å². The van der Waals surface area contributed by atoms with Crippen LogP contribution in [0.15, 0.2) is 42.6 Å². The van der Waals surface area contributed by atoms with Crippen molar-refractivity contribution in [2.24, 2.45) is 0 Å². The number of carbonyl (C=O) groups excluding carboxylic acids is 1. The largest absolute Gasteiger partial charge is 0.346 e. The number of rotatable bonds is 7. The Morgan fingerprint density at radius 2 is 1.84 bits per heavy atom. The molecule has 7 nitrogen and oxygen atoms in total. The van der Waals surface area contributed by atoms with Gasteiger partial charge >= 0.3 is 0 Å². The number of benzene rings is 1. The first-order chi connectivity index (χ1) is 14.9. The molecule has 1 aromatic carbocycles. The Morgan fingerprint density at radius 3 is 2.34 bits per heavy atom. The summed E-state index contributed by atoms with van der Waals surface area (Å²) in [5, 5.41) is 0. The number of carbonyl (C=O) groups is 1. The van der Waals surface area contributed by atoms with Gasteiger partial charge in [0.25, 0.3) is 16.0 Å². The number of halogens is 3. The number of hydrogen-bond donors (Lipinski definition) is 0. The fourth-order valence-electron chi connectivity index (χ4n) is 3.67. The van der Waals surface area contributed by atoms with Crippen LogP contribution >= 0.6 is 23.2 Å². The van der Waals surface area contributed by atoms with E-state index in [0.29, 0.717) is 11.3 Å². The number of nitrogens with zero attached hydrogens (tertiary/aromatic N) is 2. The van der Waals surface area contributed by atoms with Crippen molar-refractivity contribution in [2.45, 2.75) is 43.2 Å². The molecule has 0 bridgehead atoms. The molecule has 3 rings (SSSR count). The molecule has 0 saturated carbocycles. The predicted molar refractivity (Wildman–Crippen MR) is 119 cm³/mol. The van der Waals surface area contributed by atoms with Gasteiger partial charge in [0.2, 0.25) is 0 Å². The molecule has 11 heteroatoms. The van der Waals surface area contributed by atoms with E-state index in [0.717, 1.165) is 17.4 Å². The van der Waals surface area contributed by atoms with Crippen LogP contribution in [0, 0.1) is 0 Å². The topological polar surface area (TPSA) is 85.8 Å². The normalized spacial score (nSPS) is 20.7. The van der Waals surface area contributed by atoms with Gasteiger partial charge < -0.3 is 9.64 Å². The third kappa shape index (κ3) is 5.58. The smallest absolute Gasteiger partial charge is 0.264 e. The molecule has 0 radical (unpaired) electrons. The summed E-state index contributed by atoms with van der Waals surface area (Å²) in [4.78, 5) is 16.6. The summed E-state index contributed by atoms with van der Waals surface area (Å²) in [5.74, 6) is -0.605. The average molecular weight is 505 g/mol. The fraction of sp³-hybridized carbons (Fsp3) is 0.429. The average Bonchev–Trinajstić information content (AvgIpc) is 3.01. The predicted octanol–water partition coefficient (Wildman–Crippen LogP) is 4.00. The van der Waals surface area contributed by atoms with Crippen molar-refractivity contribution in [1.29, 1.82) is 0 Å². The number of amides is 1. The molecule has 1 aliphatic heterocycles. The van der Waals surface area contributed by atoms with Gasteiger partial charge in [-0.2, -0.15) is 8.42 Å². The Bertz CT molecular complexity index is 1060. The molecule has 1 amide bonds. The van der Waals surface area contributed by atoms with E-state index in [9.17, 15) is 17.6 Å². The molecule has 2 heterocycles. The highest BCUT2D eigenvalue weighted by Gasteiger charge is 2.51. The van der Waals surface area contributed by atoms with Crippen molar-refractivity contribution < 1.29 is 26.5 Å². The monoisotopic (exact) mass is 504 g/mol. The van der Waals surface area contributed by atoms with E-state index in [4.69, 9.17) is 32.1 Å². The van der Waals surface area contributed by atoms with E-state index >= 15 is 0 Å². The van der Waals surface area contributed by atoms with Gasteiger partial charge in [-0.25, -0.2) is 4.39 Å². The third-order valence-electron chi connectivity index (χ3n) is 5.08. The second-order valence-corrected chi connectivity index (χ2v) is 10.6. The van der Waals surface area contributed by atoms with Gasteiger partial charge in [-0.1, -0.05) is 53.5 Å². The fourth-order valence-corrected chi connectivity index (χ4v) is 4.21. The van der Waals surface area contributed by atoms with Crippen molar-refractivity contribution in [3.05, 3.63) is 53.9 Å². The maximum absolute atomic E-state index is 14.0. The van der Waals surface area contributed by atoms with Crippen LogP contribution in [0.5, 0.6) is 0 Å². The molecule has 1 fully saturated rings. The summed E-state index contributed by atoms with van der Waals surface area (Å²) in [6, 6.07) is 9.87. The zero-order valence-corrected chi connectivity index (χ0v) is 20.0. The molecular formula is C21H23Cl2FN2O5S. The van der Waals surface area contributed by atoms with Crippen LogP contribution in [0.25, 0.3) is 11.1 Å². The van der Waals surface area contributed by atoms with Crippen LogP contribution in [-0.2, 0) is 30.4 Å². The Hall–Kier alpha value is -1.78. The quantitative estimate of drug-likeness (QED) is 0.418. The second-order valence-electron chi connectivity index (χ2n) is 7.84. The van der Waals surface area contributed by atoms with Crippen molar-refractivity contribution in [3.63, 3.8) is 0 Å². The third-order valence-corrected chi connectivity index (χ3v) is 6.00. The van der Waals surface area contributed by atoms with Crippen LogP contribution in [0.1, 0.15) is 31.2 Å². The standard InChI is InChI=1S/C21H23Cl2FN2O5S/c1-21(2)26(20(27)19(22)23)17(10-24)18(31-21)14-6-4-13(5-7-14)15-8-9-16(25-11-15)12-30-32(3,28)29/h4-9,11,17-19H,10,12H2,1-3H3/t17-,18-/m1/s1. The minimum absolute atomic E-state index is 0.141. The molecule has 2 aromatic rings. The van der Waals surface area contributed by atoms with E-state index in [-0.39, 0.29) is 6.61 Å². The molecule has 1 aromatic heterocycles. The minimum Gasteiger partial charge on any atom is -0.346 e. The van der Waals surface area contributed by atoms with E-state index in [1.54, 1.807) is 44.3 Å². The number of alkyl halides is 3. The second kappa shape index (κ2) is 9.61. The van der Waals surface area contributed by atoms with E-state index in [2.05, 4.69) is 4.98 Å². The molecule has 32 heavy (non-hydrogen) atoms. The lowest BCUT2D eigenvalue weighted by molar-refractivity contribution is -0.145. The van der Waals surface area contributed by atoms with Crippen molar-refractivity contribution in [2.75, 3.05) is 12.9 Å². The summed E-state index contributed by atoms with van der Waals surface area (Å²) in [5.41, 5.74) is 1.75. The zero-order chi connectivity index (χ0) is 23.7. The Kier molecular flexibility index (Phi) is 7.46. The van der Waals surface area contributed by atoms with Gasteiger partial charge in [-0.15, -0.1) is 0 Å². The highest BCUT2D eigenvalue weighted by molar-refractivity contribution is 7.85. The van der Waals surface area contributed by atoms with Crippen molar-refractivity contribution in [3.8, 4) is 11.1 Å². The summed E-state index contributed by atoms with van der Waals surface area (Å²) >= 11 is 11.5. The molecule has 0 unspecified atom stereocenters. The molecule has 1 aliphatic rings. The number of aromatic nitrogens is 1. The SMILES string of the molecule is CC1(C)O[C@H](c2ccc(-c3ccc(COS(C)(=O)=O)nc3)cc2)[C@@H](CF)N1C(=O)C(Cl)Cl. The van der Waals surface area contributed by atoms with E-state index in [1.165, 1.54) is 4.90 Å².